The summed E-state index contributed by atoms with van der Waals surface area (Å²) in [6.45, 7) is 6.54. The molecule has 2 amide bonds. The Bertz CT molecular complexity index is 1150. The summed E-state index contributed by atoms with van der Waals surface area (Å²) in [5.41, 5.74) is 3.66. The summed E-state index contributed by atoms with van der Waals surface area (Å²) in [6.07, 6.45) is 1.01. The molecule has 0 spiro atoms. The molecule has 2 aromatic carbocycles. The van der Waals surface area contributed by atoms with Gasteiger partial charge < -0.3 is 10.1 Å². The van der Waals surface area contributed by atoms with E-state index in [1.54, 1.807) is 4.90 Å². The highest BCUT2D eigenvalue weighted by Gasteiger charge is 2.40. The molecule has 3 heterocycles. The van der Waals surface area contributed by atoms with Crippen LogP contribution in [0.5, 0.6) is 0 Å². The molecule has 1 aromatic heterocycles. The number of aromatic nitrogens is 2. The van der Waals surface area contributed by atoms with Gasteiger partial charge in [0.2, 0.25) is 11.9 Å². The molecule has 2 aliphatic rings. The Kier molecular flexibility index (Phi) is 6.11. The number of rotatable bonds is 7. The number of para-hydroxylation sites is 2. The molecule has 2 aliphatic heterocycles. The largest absolute Gasteiger partial charge is 0.379 e. The van der Waals surface area contributed by atoms with Gasteiger partial charge in [-0.3, -0.25) is 24.0 Å². The van der Waals surface area contributed by atoms with Crippen molar-refractivity contribution >= 4 is 34.5 Å². The number of morpholine rings is 1. The maximum absolute atomic E-state index is 13.5. The number of amides is 2. The molecule has 33 heavy (non-hydrogen) atoms. The van der Waals surface area contributed by atoms with Crippen LogP contribution < -0.4 is 10.2 Å². The summed E-state index contributed by atoms with van der Waals surface area (Å²) in [5, 5.41) is 2.94. The molecular formula is C25H29N5O3. The molecule has 0 unspecified atom stereocenters. The van der Waals surface area contributed by atoms with Gasteiger partial charge in [-0.25, -0.2) is 4.98 Å². The Morgan fingerprint density at radius 2 is 1.85 bits per heavy atom. The minimum atomic E-state index is -0.605. The van der Waals surface area contributed by atoms with Crippen LogP contribution in [0.25, 0.3) is 11.0 Å². The van der Waals surface area contributed by atoms with E-state index in [1.807, 2.05) is 53.1 Å². The Hall–Kier alpha value is -3.23. The summed E-state index contributed by atoms with van der Waals surface area (Å²) >= 11 is 0. The number of anilines is 2. The van der Waals surface area contributed by atoms with Crippen molar-refractivity contribution in [2.45, 2.75) is 25.8 Å². The van der Waals surface area contributed by atoms with Gasteiger partial charge in [0.15, 0.2) is 0 Å². The highest BCUT2D eigenvalue weighted by Crippen LogP contribution is 2.36. The number of ether oxygens (including phenoxy) is 1. The fourth-order valence-electron chi connectivity index (χ4n) is 4.58. The van der Waals surface area contributed by atoms with E-state index in [2.05, 4.69) is 17.1 Å². The fraction of sp³-hybridized carbons (Fsp3) is 0.400. The third-order valence-corrected chi connectivity index (χ3v) is 6.45. The number of benzene rings is 2. The van der Waals surface area contributed by atoms with E-state index >= 15 is 0 Å². The third kappa shape index (κ3) is 4.36. The molecule has 0 radical (unpaired) electrons. The molecule has 8 nitrogen and oxygen atoms in total. The monoisotopic (exact) mass is 447 g/mol. The van der Waals surface area contributed by atoms with E-state index in [-0.39, 0.29) is 18.2 Å². The Morgan fingerprint density at radius 1 is 1.09 bits per heavy atom. The van der Waals surface area contributed by atoms with Crippen molar-refractivity contribution in [1.29, 1.82) is 0 Å². The van der Waals surface area contributed by atoms with Crippen LogP contribution in [-0.4, -0.2) is 65.7 Å². The fourth-order valence-corrected chi connectivity index (χ4v) is 4.58. The van der Waals surface area contributed by atoms with Gasteiger partial charge in [-0.15, -0.1) is 0 Å². The van der Waals surface area contributed by atoms with Gasteiger partial charge in [-0.2, -0.15) is 0 Å². The van der Waals surface area contributed by atoms with Crippen molar-refractivity contribution in [3.05, 3.63) is 54.1 Å². The molecule has 1 atom stereocenters. The number of aryl methyl sites for hydroxylation is 1. The molecule has 0 aliphatic carbocycles. The van der Waals surface area contributed by atoms with E-state index in [9.17, 15) is 9.59 Å². The summed E-state index contributed by atoms with van der Waals surface area (Å²) in [5.74, 6) is 0.365. The van der Waals surface area contributed by atoms with Crippen molar-refractivity contribution in [1.82, 2.24) is 14.5 Å². The molecule has 8 heteroatoms. The highest BCUT2D eigenvalue weighted by atomic mass is 16.5. The number of nitrogens with one attached hydrogen (secondary N) is 1. The second-order valence-electron chi connectivity index (χ2n) is 8.53. The van der Waals surface area contributed by atoms with Crippen molar-refractivity contribution in [2.75, 3.05) is 49.6 Å². The normalized spacial score (nSPS) is 18.6. The molecule has 5 rings (SSSR count). The average molecular weight is 448 g/mol. The first-order valence-electron chi connectivity index (χ1n) is 11.6. The second-order valence-corrected chi connectivity index (χ2v) is 8.53. The van der Waals surface area contributed by atoms with Gasteiger partial charge in [0.1, 0.15) is 6.04 Å². The van der Waals surface area contributed by atoms with Crippen LogP contribution in [0.2, 0.25) is 0 Å². The van der Waals surface area contributed by atoms with Crippen LogP contribution in [0.1, 0.15) is 24.9 Å². The predicted molar refractivity (Wildman–Crippen MR) is 127 cm³/mol. The standard InChI is InChI=1S/C25H29N5O3/c1-2-18-7-9-19(10-8-18)26-23(31)17-22-24(32)29(12-11-28-13-15-33-16-14-28)25-27-20-5-3-4-6-21(20)30(22)25/h3-10,22H,2,11-17H2,1H3,(H,26,31)/t22-/m0/s1. The first-order chi connectivity index (χ1) is 16.1. The van der Waals surface area contributed by atoms with Crippen LogP contribution >= 0.6 is 0 Å². The van der Waals surface area contributed by atoms with Gasteiger partial charge in [0, 0.05) is 31.9 Å². The topological polar surface area (TPSA) is 79.7 Å². The third-order valence-electron chi connectivity index (χ3n) is 6.45. The number of hydrogen-bond acceptors (Lipinski definition) is 5. The lowest BCUT2D eigenvalue weighted by molar-refractivity contribution is -0.124. The van der Waals surface area contributed by atoms with E-state index in [1.165, 1.54) is 5.56 Å². The predicted octanol–water partition coefficient (Wildman–Crippen LogP) is 2.85. The zero-order chi connectivity index (χ0) is 22.8. The van der Waals surface area contributed by atoms with Crippen molar-refractivity contribution in [3.8, 4) is 0 Å². The molecule has 0 saturated carbocycles. The van der Waals surface area contributed by atoms with E-state index < -0.39 is 6.04 Å². The Labute approximate surface area is 193 Å². The van der Waals surface area contributed by atoms with Crippen LogP contribution in [0, 0.1) is 0 Å². The van der Waals surface area contributed by atoms with Gasteiger partial charge in [0.25, 0.3) is 5.91 Å². The molecule has 1 saturated heterocycles. The summed E-state index contributed by atoms with van der Waals surface area (Å²) in [4.78, 5) is 35.1. The van der Waals surface area contributed by atoms with Crippen LogP contribution in [-0.2, 0) is 20.7 Å². The zero-order valence-corrected chi connectivity index (χ0v) is 18.9. The molecule has 3 aromatic rings. The first-order valence-corrected chi connectivity index (χ1v) is 11.6. The Morgan fingerprint density at radius 3 is 2.61 bits per heavy atom. The van der Waals surface area contributed by atoms with Gasteiger partial charge in [0.05, 0.1) is 30.7 Å². The zero-order valence-electron chi connectivity index (χ0n) is 18.9. The summed E-state index contributed by atoms with van der Waals surface area (Å²) in [6, 6.07) is 15.0. The van der Waals surface area contributed by atoms with Crippen LogP contribution in [0.15, 0.2) is 48.5 Å². The lowest BCUT2D eigenvalue weighted by Crippen LogP contribution is -2.42. The molecule has 1 fully saturated rings. The van der Waals surface area contributed by atoms with E-state index in [0.717, 1.165) is 42.8 Å². The summed E-state index contributed by atoms with van der Waals surface area (Å²) < 4.78 is 7.36. The van der Waals surface area contributed by atoms with Crippen molar-refractivity contribution < 1.29 is 14.3 Å². The minimum Gasteiger partial charge on any atom is -0.379 e. The number of fused-ring (bicyclic) bond motifs is 3. The SMILES string of the molecule is CCc1ccc(NC(=O)C[C@H]2C(=O)N(CCN3CCOCC3)c3nc4ccccc4n32)cc1. The van der Waals surface area contributed by atoms with Crippen LogP contribution in [0.3, 0.4) is 0 Å². The lowest BCUT2D eigenvalue weighted by atomic mass is 10.1. The number of carbonyl (C=O) groups excluding carboxylic acids is 2. The molecule has 172 valence electrons. The summed E-state index contributed by atoms with van der Waals surface area (Å²) in [7, 11) is 0. The van der Waals surface area contributed by atoms with Crippen molar-refractivity contribution in [2.24, 2.45) is 0 Å². The molecule has 0 bridgehead atoms. The number of hydrogen-bond donors (Lipinski definition) is 1. The van der Waals surface area contributed by atoms with Gasteiger partial charge in [-0.1, -0.05) is 31.2 Å². The number of carbonyl (C=O) groups is 2. The minimum absolute atomic E-state index is 0.0652. The number of imidazole rings is 1. The number of nitrogens with zero attached hydrogens (tertiary/aromatic N) is 4. The smallest absolute Gasteiger partial charge is 0.253 e. The molecular weight excluding hydrogens is 418 g/mol. The lowest BCUT2D eigenvalue weighted by Gasteiger charge is -2.28. The molecule has 1 N–H and O–H groups in total. The second kappa shape index (κ2) is 9.33. The first kappa shape index (κ1) is 21.6. The Balaban J connectivity index is 1.36. The highest BCUT2D eigenvalue weighted by molar-refractivity contribution is 6.05. The maximum atomic E-state index is 13.5. The average Bonchev–Trinajstić information content (AvgIpc) is 3.33. The maximum Gasteiger partial charge on any atom is 0.253 e. The van der Waals surface area contributed by atoms with Gasteiger partial charge in [-0.05, 0) is 36.2 Å². The van der Waals surface area contributed by atoms with Crippen molar-refractivity contribution in [3.63, 3.8) is 0 Å². The van der Waals surface area contributed by atoms with Gasteiger partial charge >= 0.3 is 0 Å². The van der Waals surface area contributed by atoms with E-state index in [0.29, 0.717) is 25.7 Å². The van der Waals surface area contributed by atoms with E-state index in [4.69, 9.17) is 9.72 Å². The van der Waals surface area contributed by atoms with Crippen LogP contribution in [0.4, 0.5) is 11.6 Å². The quantitative estimate of drug-likeness (QED) is 0.603.